The molecular weight excluding hydrogens is 308 g/mol. The van der Waals surface area contributed by atoms with Crippen LogP contribution in [0.2, 0.25) is 0 Å². The highest BCUT2D eigenvalue weighted by molar-refractivity contribution is 5.93. The molecule has 0 aliphatic rings. The molecule has 0 saturated carbocycles. The minimum Gasteiger partial charge on any atom is -0.340 e. The third-order valence-electron chi connectivity index (χ3n) is 3.38. The second-order valence-corrected chi connectivity index (χ2v) is 6.47. The SMILES string of the molecule is CN(Cc1ccncc1)C(=O)CNC(=O)c1ncn(C(C)(C)C)n1. The molecule has 24 heavy (non-hydrogen) atoms. The summed E-state index contributed by atoms with van der Waals surface area (Å²) >= 11 is 0. The van der Waals surface area contributed by atoms with E-state index in [-0.39, 0.29) is 23.8 Å². The number of hydrogen-bond donors (Lipinski definition) is 1. The summed E-state index contributed by atoms with van der Waals surface area (Å²) in [7, 11) is 1.68. The van der Waals surface area contributed by atoms with Gasteiger partial charge in [0.15, 0.2) is 0 Å². The fraction of sp³-hybridized carbons (Fsp3) is 0.438. The first-order chi connectivity index (χ1) is 11.3. The van der Waals surface area contributed by atoms with E-state index in [9.17, 15) is 9.59 Å². The number of pyridine rings is 1. The van der Waals surface area contributed by atoms with Crippen LogP contribution in [-0.4, -0.2) is 50.1 Å². The van der Waals surface area contributed by atoms with Crippen molar-refractivity contribution in [1.82, 2.24) is 30.0 Å². The van der Waals surface area contributed by atoms with Gasteiger partial charge < -0.3 is 10.2 Å². The molecule has 0 saturated heterocycles. The van der Waals surface area contributed by atoms with Crippen molar-refractivity contribution in [3.8, 4) is 0 Å². The van der Waals surface area contributed by atoms with E-state index in [2.05, 4.69) is 20.4 Å². The Labute approximate surface area is 140 Å². The summed E-state index contributed by atoms with van der Waals surface area (Å²) in [6, 6.07) is 3.68. The molecule has 128 valence electrons. The van der Waals surface area contributed by atoms with E-state index in [0.717, 1.165) is 5.56 Å². The fourth-order valence-electron chi connectivity index (χ4n) is 1.91. The Bertz CT molecular complexity index is 705. The van der Waals surface area contributed by atoms with Crippen molar-refractivity contribution in [2.75, 3.05) is 13.6 Å². The third-order valence-corrected chi connectivity index (χ3v) is 3.38. The van der Waals surface area contributed by atoms with Gasteiger partial charge in [0.25, 0.3) is 5.91 Å². The summed E-state index contributed by atoms with van der Waals surface area (Å²) in [4.78, 5) is 33.6. The summed E-state index contributed by atoms with van der Waals surface area (Å²) in [5, 5.41) is 6.68. The number of aromatic nitrogens is 4. The van der Waals surface area contributed by atoms with Crippen molar-refractivity contribution < 1.29 is 9.59 Å². The molecule has 8 heteroatoms. The molecule has 2 aromatic heterocycles. The van der Waals surface area contributed by atoms with Crippen molar-refractivity contribution in [2.45, 2.75) is 32.9 Å². The highest BCUT2D eigenvalue weighted by atomic mass is 16.2. The van der Waals surface area contributed by atoms with Crippen molar-refractivity contribution in [3.63, 3.8) is 0 Å². The van der Waals surface area contributed by atoms with E-state index < -0.39 is 5.91 Å². The molecule has 0 fully saturated rings. The first-order valence-electron chi connectivity index (χ1n) is 7.60. The Balaban J connectivity index is 1.87. The maximum Gasteiger partial charge on any atom is 0.291 e. The normalized spacial score (nSPS) is 11.2. The predicted octanol–water partition coefficient (Wildman–Crippen LogP) is 0.816. The molecule has 2 aromatic rings. The molecular formula is C16H22N6O2. The largest absolute Gasteiger partial charge is 0.340 e. The van der Waals surface area contributed by atoms with E-state index in [1.807, 2.05) is 32.9 Å². The maximum absolute atomic E-state index is 12.1. The minimum absolute atomic E-state index is 0.0505. The van der Waals surface area contributed by atoms with E-state index in [0.29, 0.717) is 6.54 Å². The van der Waals surface area contributed by atoms with Crippen molar-refractivity contribution >= 4 is 11.8 Å². The first-order valence-corrected chi connectivity index (χ1v) is 7.60. The second kappa shape index (κ2) is 7.20. The van der Waals surface area contributed by atoms with Crippen LogP contribution >= 0.6 is 0 Å². The maximum atomic E-state index is 12.1. The lowest BCUT2D eigenvalue weighted by Crippen LogP contribution is -2.38. The topological polar surface area (TPSA) is 93.0 Å². The quantitative estimate of drug-likeness (QED) is 0.876. The predicted molar refractivity (Wildman–Crippen MR) is 88.1 cm³/mol. The average molecular weight is 330 g/mol. The lowest BCUT2D eigenvalue weighted by molar-refractivity contribution is -0.129. The summed E-state index contributed by atoms with van der Waals surface area (Å²) < 4.78 is 1.61. The van der Waals surface area contributed by atoms with E-state index in [1.54, 1.807) is 24.1 Å². The number of carbonyl (C=O) groups excluding carboxylic acids is 2. The number of amides is 2. The second-order valence-electron chi connectivity index (χ2n) is 6.47. The van der Waals surface area contributed by atoms with Crippen molar-refractivity contribution in [1.29, 1.82) is 0 Å². The number of nitrogens with zero attached hydrogens (tertiary/aromatic N) is 5. The number of nitrogens with one attached hydrogen (secondary N) is 1. The van der Waals surface area contributed by atoms with Gasteiger partial charge in [-0.3, -0.25) is 14.6 Å². The van der Waals surface area contributed by atoms with Crippen LogP contribution in [-0.2, 0) is 16.9 Å². The van der Waals surface area contributed by atoms with Gasteiger partial charge in [0.05, 0.1) is 12.1 Å². The van der Waals surface area contributed by atoms with E-state index in [4.69, 9.17) is 0 Å². The Morgan fingerprint density at radius 1 is 1.25 bits per heavy atom. The molecule has 0 atom stereocenters. The molecule has 0 radical (unpaired) electrons. The fourth-order valence-corrected chi connectivity index (χ4v) is 1.91. The number of hydrogen-bond acceptors (Lipinski definition) is 5. The standard InChI is InChI=1S/C16H22N6O2/c1-16(2,3)22-11-19-14(20-22)15(24)18-9-13(23)21(4)10-12-5-7-17-8-6-12/h5-8,11H,9-10H2,1-4H3,(H,18,24). The van der Waals surface area contributed by atoms with Crippen LogP contribution in [0.5, 0.6) is 0 Å². The van der Waals surface area contributed by atoms with Crippen LogP contribution < -0.4 is 5.32 Å². The van der Waals surface area contributed by atoms with Crippen molar-refractivity contribution in [2.24, 2.45) is 0 Å². The number of likely N-dealkylation sites (N-methyl/N-ethyl adjacent to an activating group) is 1. The molecule has 2 amide bonds. The van der Waals surface area contributed by atoms with Gasteiger partial charge in [-0.25, -0.2) is 9.67 Å². The zero-order valence-corrected chi connectivity index (χ0v) is 14.4. The Hall–Kier alpha value is -2.77. The van der Waals surface area contributed by atoms with Crippen LogP contribution in [0.4, 0.5) is 0 Å². The molecule has 0 unspecified atom stereocenters. The molecule has 0 aliphatic carbocycles. The Morgan fingerprint density at radius 3 is 2.50 bits per heavy atom. The van der Waals surface area contributed by atoms with Gasteiger partial charge in [-0.05, 0) is 38.5 Å². The highest BCUT2D eigenvalue weighted by Gasteiger charge is 2.19. The lowest BCUT2D eigenvalue weighted by Gasteiger charge is -2.18. The van der Waals surface area contributed by atoms with Gasteiger partial charge in [0, 0.05) is 26.0 Å². The van der Waals surface area contributed by atoms with Gasteiger partial charge in [0.1, 0.15) is 6.33 Å². The number of rotatable bonds is 5. The first kappa shape index (κ1) is 17.6. The number of carbonyl (C=O) groups is 2. The molecule has 0 bridgehead atoms. The molecule has 0 spiro atoms. The van der Waals surface area contributed by atoms with E-state index >= 15 is 0 Å². The lowest BCUT2D eigenvalue weighted by atomic mass is 10.1. The molecule has 0 aromatic carbocycles. The van der Waals surface area contributed by atoms with E-state index in [1.165, 1.54) is 11.2 Å². The van der Waals surface area contributed by atoms with Crippen molar-refractivity contribution in [3.05, 3.63) is 42.2 Å². The van der Waals surface area contributed by atoms with Crippen LogP contribution in [0, 0.1) is 0 Å². The van der Waals surface area contributed by atoms with Crippen LogP contribution in [0.15, 0.2) is 30.9 Å². The Morgan fingerprint density at radius 2 is 1.92 bits per heavy atom. The zero-order chi connectivity index (χ0) is 17.7. The monoisotopic (exact) mass is 330 g/mol. The van der Waals surface area contributed by atoms with Crippen LogP contribution in [0.3, 0.4) is 0 Å². The van der Waals surface area contributed by atoms with Gasteiger partial charge in [-0.1, -0.05) is 0 Å². The summed E-state index contributed by atoms with van der Waals surface area (Å²) in [5.74, 6) is -0.617. The molecule has 2 heterocycles. The highest BCUT2D eigenvalue weighted by Crippen LogP contribution is 2.10. The smallest absolute Gasteiger partial charge is 0.291 e. The minimum atomic E-state index is -0.469. The third kappa shape index (κ3) is 4.61. The zero-order valence-electron chi connectivity index (χ0n) is 14.4. The van der Waals surface area contributed by atoms with Gasteiger partial charge >= 0.3 is 0 Å². The van der Waals surface area contributed by atoms with Crippen LogP contribution in [0.25, 0.3) is 0 Å². The molecule has 2 rings (SSSR count). The van der Waals surface area contributed by atoms with Gasteiger partial charge in [0.2, 0.25) is 11.7 Å². The van der Waals surface area contributed by atoms with Crippen LogP contribution in [0.1, 0.15) is 37.0 Å². The average Bonchev–Trinajstić information content (AvgIpc) is 3.03. The molecule has 8 nitrogen and oxygen atoms in total. The molecule has 0 aliphatic heterocycles. The summed E-state index contributed by atoms with van der Waals surface area (Å²) in [6.45, 7) is 6.22. The molecule has 1 N–H and O–H groups in total. The Kier molecular flexibility index (Phi) is 5.28. The van der Waals surface area contributed by atoms with Gasteiger partial charge in [-0.15, -0.1) is 5.10 Å². The summed E-state index contributed by atoms with van der Waals surface area (Å²) in [5.41, 5.74) is 0.712. The summed E-state index contributed by atoms with van der Waals surface area (Å²) in [6.07, 6.45) is 4.85. The van der Waals surface area contributed by atoms with Gasteiger partial charge in [-0.2, -0.15) is 0 Å².